The molecule has 7 nitrogen and oxygen atoms in total. The number of carbonyl (C=O) groups excluding carboxylic acids is 1. The molecule has 0 saturated carbocycles. The number of nitrogens with zero attached hydrogens (tertiary/aromatic N) is 3. The van der Waals surface area contributed by atoms with Gasteiger partial charge in [-0.05, 0) is 32.3 Å². The van der Waals surface area contributed by atoms with E-state index in [1.807, 2.05) is 11.8 Å². The summed E-state index contributed by atoms with van der Waals surface area (Å²) in [4.78, 5) is 22.2. The number of carbonyl (C=O) groups is 1. The molecule has 176 valence electrons. The van der Waals surface area contributed by atoms with Gasteiger partial charge in [-0.25, -0.2) is 9.98 Å². The molecule has 0 aliphatic carbocycles. The second kappa shape index (κ2) is 14.3. The highest BCUT2D eigenvalue weighted by Crippen LogP contribution is 2.20. The van der Waals surface area contributed by atoms with E-state index < -0.39 is 12.8 Å². The van der Waals surface area contributed by atoms with Gasteiger partial charge in [0.15, 0.2) is 12.6 Å². The van der Waals surface area contributed by atoms with Gasteiger partial charge in [-0.2, -0.15) is 13.2 Å². The number of hydrogen-bond donors (Lipinski definition) is 2. The molecule has 31 heavy (non-hydrogen) atoms. The second-order valence-electron chi connectivity index (χ2n) is 7.04. The lowest BCUT2D eigenvalue weighted by Crippen LogP contribution is -2.39. The number of rotatable bonds is 9. The van der Waals surface area contributed by atoms with Crippen LogP contribution in [0.2, 0.25) is 0 Å². The summed E-state index contributed by atoms with van der Waals surface area (Å²) in [6.07, 6.45) is 1.47. The SMILES string of the molecule is CCNC(=NCc1cccnc1OCC(F)(F)F)NCCCN1CCCCCC1=O.I. The highest BCUT2D eigenvalue weighted by Gasteiger charge is 2.29. The minimum atomic E-state index is -4.43. The van der Waals surface area contributed by atoms with E-state index in [1.165, 1.54) is 6.20 Å². The average molecular weight is 557 g/mol. The van der Waals surface area contributed by atoms with Crippen LogP contribution in [0, 0.1) is 0 Å². The Bertz CT molecular complexity index is 704. The van der Waals surface area contributed by atoms with Crippen molar-refractivity contribution in [3.8, 4) is 5.88 Å². The van der Waals surface area contributed by atoms with Crippen molar-refractivity contribution in [3.63, 3.8) is 0 Å². The summed E-state index contributed by atoms with van der Waals surface area (Å²) in [6.45, 7) is 3.43. The Hall–Kier alpha value is -1.79. The van der Waals surface area contributed by atoms with Gasteiger partial charge < -0.3 is 20.3 Å². The maximum Gasteiger partial charge on any atom is 0.422 e. The maximum atomic E-state index is 12.4. The smallest absolute Gasteiger partial charge is 0.422 e. The van der Waals surface area contributed by atoms with Crippen LogP contribution in [0.5, 0.6) is 5.88 Å². The first kappa shape index (κ1) is 27.2. The molecule has 1 aromatic heterocycles. The first-order chi connectivity index (χ1) is 14.4. The van der Waals surface area contributed by atoms with Gasteiger partial charge in [-0.15, -0.1) is 24.0 Å². The van der Waals surface area contributed by atoms with Gasteiger partial charge in [-0.3, -0.25) is 4.79 Å². The zero-order valence-corrected chi connectivity index (χ0v) is 20.0. The molecule has 1 saturated heterocycles. The third kappa shape index (κ3) is 10.9. The fourth-order valence-corrected chi connectivity index (χ4v) is 3.08. The number of aromatic nitrogens is 1. The average Bonchev–Trinajstić information content (AvgIpc) is 2.91. The summed E-state index contributed by atoms with van der Waals surface area (Å²) < 4.78 is 42.0. The van der Waals surface area contributed by atoms with E-state index >= 15 is 0 Å². The number of ether oxygens (including phenoxy) is 1. The Morgan fingerprint density at radius 3 is 2.84 bits per heavy atom. The molecular formula is C20H31F3IN5O2. The van der Waals surface area contributed by atoms with Gasteiger partial charge in [0.2, 0.25) is 11.8 Å². The van der Waals surface area contributed by atoms with Crippen molar-refractivity contribution in [3.05, 3.63) is 23.9 Å². The van der Waals surface area contributed by atoms with Crippen LogP contribution in [0.25, 0.3) is 0 Å². The van der Waals surface area contributed by atoms with Crippen LogP contribution in [0.15, 0.2) is 23.3 Å². The summed E-state index contributed by atoms with van der Waals surface area (Å²) in [5.74, 6) is 0.690. The summed E-state index contributed by atoms with van der Waals surface area (Å²) in [7, 11) is 0. The molecule has 0 spiro atoms. The highest BCUT2D eigenvalue weighted by atomic mass is 127. The van der Waals surface area contributed by atoms with Crippen LogP contribution < -0.4 is 15.4 Å². The molecule has 0 radical (unpaired) electrons. The molecule has 1 fully saturated rings. The standard InChI is InChI=1S/C20H30F3N5O2.HI/c1-2-24-19(26-11-7-13-28-12-5-3-4-9-17(28)29)27-14-16-8-6-10-25-18(16)30-15-20(21,22)23;/h6,8,10H,2-5,7,9,11-15H2,1H3,(H2,24,26,27);1H. The summed E-state index contributed by atoms with van der Waals surface area (Å²) in [5, 5.41) is 6.30. The first-order valence-corrected chi connectivity index (χ1v) is 10.3. The van der Waals surface area contributed by atoms with Crippen LogP contribution in [0.3, 0.4) is 0 Å². The monoisotopic (exact) mass is 557 g/mol. The van der Waals surface area contributed by atoms with E-state index in [1.54, 1.807) is 12.1 Å². The van der Waals surface area contributed by atoms with Crippen molar-refractivity contribution in [2.45, 2.75) is 51.7 Å². The number of halogens is 4. The van der Waals surface area contributed by atoms with Gasteiger partial charge in [0, 0.05) is 44.4 Å². The van der Waals surface area contributed by atoms with Crippen LogP contribution >= 0.6 is 24.0 Å². The van der Waals surface area contributed by atoms with Crippen LogP contribution in [-0.4, -0.2) is 60.7 Å². The molecule has 2 heterocycles. The minimum absolute atomic E-state index is 0. The molecular weight excluding hydrogens is 526 g/mol. The Labute approximate surface area is 198 Å². The summed E-state index contributed by atoms with van der Waals surface area (Å²) in [6, 6.07) is 3.26. The molecule has 2 N–H and O–H groups in total. The number of hydrogen-bond acceptors (Lipinski definition) is 4. The largest absolute Gasteiger partial charge is 0.468 e. The van der Waals surface area contributed by atoms with E-state index in [9.17, 15) is 18.0 Å². The van der Waals surface area contributed by atoms with Gasteiger partial charge in [0.05, 0.1) is 6.54 Å². The lowest BCUT2D eigenvalue weighted by molar-refractivity contribution is -0.154. The zero-order valence-electron chi connectivity index (χ0n) is 17.7. The van der Waals surface area contributed by atoms with E-state index in [4.69, 9.17) is 4.74 Å². The molecule has 0 aromatic carbocycles. The molecule has 1 aromatic rings. The Kier molecular flexibility index (Phi) is 12.6. The number of pyridine rings is 1. The van der Waals surface area contributed by atoms with Crippen molar-refractivity contribution in [1.29, 1.82) is 0 Å². The van der Waals surface area contributed by atoms with Gasteiger partial charge in [-0.1, -0.05) is 12.5 Å². The molecule has 1 aliphatic rings. The van der Waals surface area contributed by atoms with Gasteiger partial charge in [0.1, 0.15) is 0 Å². The fourth-order valence-electron chi connectivity index (χ4n) is 3.08. The Morgan fingerprint density at radius 1 is 1.29 bits per heavy atom. The summed E-state index contributed by atoms with van der Waals surface area (Å²) >= 11 is 0. The maximum absolute atomic E-state index is 12.4. The quantitative estimate of drug-likeness (QED) is 0.211. The topological polar surface area (TPSA) is 78.9 Å². The summed E-state index contributed by atoms with van der Waals surface area (Å²) in [5.41, 5.74) is 0.467. The van der Waals surface area contributed by atoms with E-state index in [0.717, 1.165) is 32.2 Å². The van der Waals surface area contributed by atoms with Crippen molar-refractivity contribution >= 4 is 35.8 Å². The van der Waals surface area contributed by atoms with Crippen molar-refractivity contribution in [2.24, 2.45) is 4.99 Å². The highest BCUT2D eigenvalue weighted by molar-refractivity contribution is 14.0. The minimum Gasteiger partial charge on any atom is -0.468 e. The fraction of sp³-hybridized carbons (Fsp3) is 0.650. The number of aliphatic imine (C=N–C) groups is 1. The van der Waals surface area contributed by atoms with E-state index in [2.05, 4.69) is 20.6 Å². The normalized spacial score (nSPS) is 15.2. The van der Waals surface area contributed by atoms with E-state index in [-0.39, 0.29) is 42.3 Å². The molecule has 0 bridgehead atoms. The number of likely N-dealkylation sites (tertiary alicyclic amines) is 1. The van der Waals surface area contributed by atoms with Crippen molar-refractivity contribution < 1.29 is 22.7 Å². The second-order valence-corrected chi connectivity index (χ2v) is 7.04. The molecule has 0 atom stereocenters. The lowest BCUT2D eigenvalue weighted by Gasteiger charge is -2.20. The zero-order chi connectivity index (χ0) is 21.8. The van der Waals surface area contributed by atoms with Crippen LogP contribution in [-0.2, 0) is 11.3 Å². The van der Waals surface area contributed by atoms with Gasteiger partial charge >= 0.3 is 6.18 Å². The third-order valence-electron chi connectivity index (χ3n) is 4.54. The number of alkyl halides is 3. The van der Waals surface area contributed by atoms with Crippen molar-refractivity contribution in [2.75, 3.05) is 32.8 Å². The van der Waals surface area contributed by atoms with Crippen molar-refractivity contribution in [1.82, 2.24) is 20.5 Å². The van der Waals surface area contributed by atoms with Crippen LogP contribution in [0.1, 0.15) is 44.6 Å². The molecule has 11 heteroatoms. The lowest BCUT2D eigenvalue weighted by atomic mass is 10.2. The Morgan fingerprint density at radius 2 is 2.10 bits per heavy atom. The van der Waals surface area contributed by atoms with Crippen LogP contribution in [0.4, 0.5) is 13.2 Å². The third-order valence-corrected chi connectivity index (χ3v) is 4.54. The molecule has 0 unspecified atom stereocenters. The predicted molar refractivity (Wildman–Crippen MR) is 124 cm³/mol. The molecule has 1 aliphatic heterocycles. The molecule has 2 rings (SSSR count). The molecule has 1 amide bonds. The van der Waals surface area contributed by atoms with Gasteiger partial charge in [0.25, 0.3) is 0 Å². The first-order valence-electron chi connectivity index (χ1n) is 10.3. The number of amides is 1. The Balaban J connectivity index is 0.00000480. The predicted octanol–water partition coefficient (Wildman–Crippen LogP) is 3.49. The number of guanidine groups is 1. The van der Waals surface area contributed by atoms with E-state index in [0.29, 0.717) is 37.6 Å². The number of nitrogens with one attached hydrogen (secondary N) is 2.